The normalized spacial score (nSPS) is 10.9. The van der Waals surface area contributed by atoms with Crippen LogP contribution in [0.25, 0.3) is 11.4 Å². The molecule has 0 N–H and O–H groups in total. The smallest absolute Gasteiger partial charge is 0.241 e. The average molecular weight is 387 g/mol. The molecule has 8 heteroatoms. The summed E-state index contributed by atoms with van der Waals surface area (Å²) >= 11 is 0. The van der Waals surface area contributed by atoms with Crippen molar-refractivity contribution in [1.29, 1.82) is 0 Å². The quantitative estimate of drug-likeness (QED) is 0.557. The third-order valence-corrected chi connectivity index (χ3v) is 4.07. The largest absolute Gasteiger partial charge is 0.493 e. The fourth-order valence-electron chi connectivity index (χ4n) is 2.57. The lowest BCUT2D eigenvalue weighted by Gasteiger charge is -2.14. The van der Waals surface area contributed by atoms with Gasteiger partial charge in [-0.1, -0.05) is 5.16 Å². The fourth-order valence-corrected chi connectivity index (χ4v) is 2.57. The van der Waals surface area contributed by atoms with Gasteiger partial charge in [-0.2, -0.15) is 4.98 Å². The van der Waals surface area contributed by atoms with Gasteiger partial charge in [0.1, 0.15) is 18.2 Å². The molecule has 148 valence electrons. The highest BCUT2D eigenvalue weighted by atomic mass is 19.1. The first-order chi connectivity index (χ1) is 13.6. The lowest BCUT2D eigenvalue weighted by molar-refractivity contribution is 0.212. The molecule has 0 amide bonds. The summed E-state index contributed by atoms with van der Waals surface area (Å²) in [5, 5.41) is 4.03. The van der Waals surface area contributed by atoms with E-state index in [2.05, 4.69) is 10.1 Å². The summed E-state index contributed by atoms with van der Waals surface area (Å²) in [7, 11) is 5.08. The highest BCUT2D eigenvalue weighted by Gasteiger charge is 2.13. The second-order valence-electron chi connectivity index (χ2n) is 6.12. The van der Waals surface area contributed by atoms with Crippen LogP contribution in [0.15, 0.2) is 47.0 Å². The average Bonchev–Trinajstić information content (AvgIpc) is 3.17. The molecular formula is C20H22FN3O4. The van der Waals surface area contributed by atoms with Crippen LogP contribution in [0.1, 0.15) is 5.89 Å². The Bertz CT molecular complexity index is 899. The summed E-state index contributed by atoms with van der Waals surface area (Å²) in [6.45, 7) is 1.58. The maximum atomic E-state index is 12.9. The van der Waals surface area contributed by atoms with Gasteiger partial charge in [0.15, 0.2) is 11.5 Å². The van der Waals surface area contributed by atoms with Crippen molar-refractivity contribution in [3.63, 3.8) is 0 Å². The first kappa shape index (κ1) is 19.6. The van der Waals surface area contributed by atoms with Crippen molar-refractivity contribution in [2.24, 2.45) is 0 Å². The minimum absolute atomic E-state index is 0.286. The number of halogens is 1. The molecule has 0 spiro atoms. The van der Waals surface area contributed by atoms with Gasteiger partial charge in [0.25, 0.3) is 0 Å². The Morgan fingerprint density at radius 3 is 2.50 bits per heavy atom. The van der Waals surface area contributed by atoms with E-state index in [9.17, 15) is 4.39 Å². The first-order valence-electron chi connectivity index (χ1n) is 8.71. The molecule has 7 nitrogen and oxygen atoms in total. The zero-order chi connectivity index (χ0) is 19.9. The van der Waals surface area contributed by atoms with Crippen molar-refractivity contribution in [3.8, 4) is 28.6 Å². The maximum Gasteiger partial charge on any atom is 0.241 e. The van der Waals surface area contributed by atoms with Crippen LogP contribution in [0.4, 0.5) is 4.39 Å². The van der Waals surface area contributed by atoms with Crippen molar-refractivity contribution < 1.29 is 23.1 Å². The van der Waals surface area contributed by atoms with E-state index in [-0.39, 0.29) is 5.82 Å². The number of rotatable bonds is 9. The van der Waals surface area contributed by atoms with Gasteiger partial charge in [0.2, 0.25) is 11.7 Å². The lowest BCUT2D eigenvalue weighted by Crippen LogP contribution is -2.24. The van der Waals surface area contributed by atoms with Gasteiger partial charge in [0.05, 0.1) is 20.8 Å². The minimum atomic E-state index is -0.286. The van der Waals surface area contributed by atoms with Crippen LogP contribution in [0.3, 0.4) is 0 Å². The molecule has 0 fully saturated rings. The van der Waals surface area contributed by atoms with Crippen LogP contribution in [-0.2, 0) is 6.54 Å². The third kappa shape index (κ3) is 4.98. The molecule has 0 saturated heterocycles. The summed E-state index contributed by atoms with van der Waals surface area (Å²) in [5.41, 5.74) is 0.773. The van der Waals surface area contributed by atoms with Gasteiger partial charge < -0.3 is 18.7 Å². The highest BCUT2D eigenvalue weighted by molar-refractivity contribution is 5.60. The molecule has 0 unspecified atom stereocenters. The van der Waals surface area contributed by atoms with Crippen LogP contribution in [-0.4, -0.2) is 49.5 Å². The monoisotopic (exact) mass is 387 g/mol. The van der Waals surface area contributed by atoms with E-state index >= 15 is 0 Å². The molecular weight excluding hydrogens is 365 g/mol. The SMILES string of the molecule is COc1ccc(-c2noc(CN(C)CCOc3ccc(F)cc3)n2)cc1OC. The van der Waals surface area contributed by atoms with Crippen LogP contribution < -0.4 is 14.2 Å². The number of ether oxygens (including phenoxy) is 3. The van der Waals surface area contributed by atoms with Crippen LogP contribution in [0.5, 0.6) is 17.2 Å². The van der Waals surface area contributed by atoms with Crippen molar-refractivity contribution in [3.05, 3.63) is 54.2 Å². The number of benzene rings is 2. The topological polar surface area (TPSA) is 69.9 Å². The van der Waals surface area contributed by atoms with E-state index in [1.165, 1.54) is 12.1 Å². The Kier molecular flexibility index (Phi) is 6.44. The zero-order valence-electron chi connectivity index (χ0n) is 16.0. The second-order valence-corrected chi connectivity index (χ2v) is 6.12. The van der Waals surface area contributed by atoms with E-state index in [1.807, 2.05) is 18.0 Å². The van der Waals surface area contributed by atoms with Gasteiger partial charge in [-0.05, 0) is 49.5 Å². The van der Waals surface area contributed by atoms with E-state index < -0.39 is 0 Å². The van der Waals surface area contributed by atoms with Crippen molar-refractivity contribution >= 4 is 0 Å². The summed E-state index contributed by atoms with van der Waals surface area (Å²) < 4.78 is 34.4. The van der Waals surface area contributed by atoms with Gasteiger partial charge in [-0.25, -0.2) is 4.39 Å². The fraction of sp³-hybridized carbons (Fsp3) is 0.300. The van der Waals surface area contributed by atoms with E-state index in [4.69, 9.17) is 18.7 Å². The molecule has 0 saturated carbocycles. The number of likely N-dealkylation sites (N-methyl/N-ethyl adjacent to an activating group) is 1. The number of aromatic nitrogens is 2. The molecule has 0 aliphatic carbocycles. The number of methoxy groups -OCH3 is 2. The second kappa shape index (κ2) is 9.18. The van der Waals surface area contributed by atoms with Crippen LogP contribution in [0.2, 0.25) is 0 Å². The standard InChI is InChI=1S/C20H22FN3O4/c1-24(10-11-27-16-7-5-15(21)6-8-16)13-19-22-20(23-28-19)14-4-9-17(25-2)18(12-14)26-3/h4-9,12H,10-11,13H2,1-3H3. The molecule has 0 bridgehead atoms. The van der Waals surface area contributed by atoms with E-state index in [1.54, 1.807) is 38.5 Å². The predicted molar refractivity (Wildman–Crippen MR) is 101 cm³/mol. The molecule has 1 heterocycles. The van der Waals surface area contributed by atoms with Gasteiger partial charge in [0, 0.05) is 12.1 Å². The molecule has 28 heavy (non-hydrogen) atoms. The Balaban J connectivity index is 1.54. The Morgan fingerprint density at radius 2 is 1.79 bits per heavy atom. The molecule has 2 aromatic carbocycles. The minimum Gasteiger partial charge on any atom is -0.493 e. The van der Waals surface area contributed by atoms with Gasteiger partial charge >= 0.3 is 0 Å². The highest BCUT2D eigenvalue weighted by Crippen LogP contribution is 2.31. The van der Waals surface area contributed by atoms with Gasteiger partial charge in [-0.15, -0.1) is 0 Å². The van der Waals surface area contributed by atoms with Crippen LogP contribution >= 0.6 is 0 Å². The van der Waals surface area contributed by atoms with Crippen molar-refractivity contribution in [2.45, 2.75) is 6.54 Å². The molecule has 0 aliphatic rings. The molecule has 0 aliphatic heterocycles. The van der Waals surface area contributed by atoms with E-state index in [0.29, 0.717) is 48.7 Å². The summed E-state index contributed by atoms with van der Waals surface area (Å²) in [5.74, 6) is 2.55. The maximum absolute atomic E-state index is 12.9. The van der Waals surface area contributed by atoms with Crippen molar-refractivity contribution in [1.82, 2.24) is 15.0 Å². The number of nitrogens with zero attached hydrogens (tertiary/aromatic N) is 3. The number of hydrogen-bond donors (Lipinski definition) is 0. The summed E-state index contributed by atoms with van der Waals surface area (Å²) in [4.78, 5) is 6.42. The Labute approximate surface area is 162 Å². The Hall–Kier alpha value is -3.13. The zero-order valence-corrected chi connectivity index (χ0v) is 16.0. The lowest BCUT2D eigenvalue weighted by atomic mass is 10.2. The first-order valence-corrected chi connectivity index (χ1v) is 8.71. The molecule has 1 aromatic heterocycles. The third-order valence-electron chi connectivity index (χ3n) is 4.07. The summed E-state index contributed by atoms with van der Waals surface area (Å²) in [6, 6.07) is 11.4. The van der Waals surface area contributed by atoms with Crippen molar-refractivity contribution in [2.75, 3.05) is 34.4 Å². The van der Waals surface area contributed by atoms with E-state index in [0.717, 1.165) is 5.56 Å². The predicted octanol–water partition coefficient (Wildman–Crippen LogP) is 3.40. The molecule has 3 rings (SSSR count). The Morgan fingerprint density at radius 1 is 1.04 bits per heavy atom. The van der Waals surface area contributed by atoms with Crippen LogP contribution in [0, 0.1) is 5.82 Å². The number of hydrogen-bond acceptors (Lipinski definition) is 7. The molecule has 0 radical (unpaired) electrons. The molecule has 0 atom stereocenters. The van der Waals surface area contributed by atoms with Gasteiger partial charge in [-0.3, -0.25) is 4.90 Å². The summed E-state index contributed by atoms with van der Waals surface area (Å²) in [6.07, 6.45) is 0. The molecule has 3 aromatic rings.